The van der Waals surface area contributed by atoms with E-state index in [4.69, 9.17) is 18.9 Å². The summed E-state index contributed by atoms with van der Waals surface area (Å²) >= 11 is 0. The van der Waals surface area contributed by atoms with Gasteiger partial charge < -0.3 is 29.6 Å². The minimum Gasteiger partial charge on any atom is -0.440 e. The number of aromatic nitrogens is 1. The average molecular weight is 614 g/mol. The Morgan fingerprint density at radius 2 is 1.70 bits per heavy atom. The summed E-state index contributed by atoms with van der Waals surface area (Å²) in [7, 11) is 1.67. The predicted molar refractivity (Wildman–Crippen MR) is 178 cm³/mol. The standard InChI is InChI=1S/C36H59N3O5/c1-6-8-10-11-12-13-15-20-31(19-14-9-7-2)43-33-25-36(4,41-5)34(28(3)42-33)44-35(40)38-23-22-37-26-29-24-30-18-16-17-21-32(30)39-27-29/h16-18,21,24,27-28,31,33-34,37H,6-15,19-20,22-23,25-26H2,1-5H3,(H,38,40)/t28-,31?,33+,34-,36+/m0/s1. The molecular formula is C36H59N3O5. The lowest BCUT2D eigenvalue weighted by molar-refractivity contribution is -0.288. The first-order valence-electron chi connectivity index (χ1n) is 17.2. The SMILES string of the molecule is CCCCCCCCCC(CCCCC)O[C@@H]1C[C@@](C)(OC)[C@@H](OC(=O)NCCNCc2cnc3ccccc3c2)[C@H](C)O1. The molecule has 8 heteroatoms. The Morgan fingerprint density at radius 3 is 2.45 bits per heavy atom. The Bertz CT molecular complexity index is 1080. The number of hydrogen-bond donors (Lipinski definition) is 2. The van der Waals surface area contributed by atoms with E-state index in [2.05, 4.69) is 41.6 Å². The summed E-state index contributed by atoms with van der Waals surface area (Å²) in [6, 6.07) is 10.2. The van der Waals surface area contributed by atoms with Crippen LogP contribution in [0.2, 0.25) is 0 Å². The van der Waals surface area contributed by atoms with Gasteiger partial charge in [0.2, 0.25) is 0 Å². The van der Waals surface area contributed by atoms with E-state index in [1.807, 2.05) is 38.2 Å². The molecule has 248 valence electrons. The van der Waals surface area contributed by atoms with Crippen LogP contribution in [-0.2, 0) is 25.5 Å². The Morgan fingerprint density at radius 1 is 1.02 bits per heavy atom. The molecule has 5 atom stereocenters. The van der Waals surface area contributed by atoms with E-state index in [1.165, 1.54) is 64.2 Å². The third kappa shape index (κ3) is 12.3. The first kappa shape index (κ1) is 36.2. The number of para-hydroxylation sites is 1. The highest BCUT2D eigenvalue weighted by molar-refractivity contribution is 5.78. The molecule has 0 radical (unpaired) electrons. The zero-order chi connectivity index (χ0) is 31.6. The quantitative estimate of drug-likeness (QED) is 0.138. The number of ether oxygens (including phenoxy) is 4. The van der Waals surface area contributed by atoms with Gasteiger partial charge in [0.1, 0.15) is 5.60 Å². The predicted octanol–water partition coefficient (Wildman–Crippen LogP) is 8.07. The van der Waals surface area contributed by atoms with E-state index < -0.39 is 17.8 Å². The second-order valence-corrected chi connectivity index (χ2v) is 12.6. The van der Waals surface area contributed by atoms with Gasteiger partial charge in [-0.2, -0.15) is 0 Å². The lowest BCUT2D eigenvalue weighted by atomic mass is 9.88. The van der Waals surface area contributed by atoms with Crippen molar-refractivity contribution in [3.05, 3.63) is 42.1 Å². The summed E-state index contributed by atoms with van der Waals surface area (Å²) in [4.78, 5) is 17.3. The van der Waals surface area contributed by atoms with Gasteiger partial charge in [-0.1, -0.05) is 96.3 Å². The first-order valence-corrected chi connectivity index (χ1v) is 17.2. The maximum atomic E-state index is 12.8. The van der Waals surface area contributed by atoms with Crippen LogP contribution in [0.4, 0.5) is 4.79 Å². The van der Waals surface area contributed by atoms with Gasteiger partial charge in [0.25, 0.3) is 0 Å². The van der Waals surface area contributed by atoms with Crippen molar-refractivity contribution in [2.75, 3.05) is 20.2 Å². The van der Waals surface area contributed by atoms with Crippen LogP contribution in [0.5, 0.6) is 0 Å². The Balaban J connectivity index is 1.42. The monoisotopic (exact) mass is 613 g/mol. The third-order valence-electron chi connectivity index (χ3n) is 8.82. The molecule has 1 aliphatic heterocycles. The number of unbranched alkanes of at least 4 members (excludes halogenated alkanes) is 8. The molecular weight excluding hydrogens is 554 g/mol. The number of methoxy groups -OCH3 is 1. The smallest absolute Gasteiger partial charge is 0.407 e. The number of pyridine rings is 1. The van der Waals surface area contributed by atoms with Gasteiger partial charge in [0, 0.05) is 44.7 Å². The number of carbonyl (C=O) groups is 1. The number of alkyl carbamates (subject to hydrolysis) is 1. The number of benzene rings is 1. The van der Waals surface area contributed by atoms with Crippen LogP contribution < -0.4 is 10.6 Å². The van der Waals surface area contributed by atoms with E-state index in [0.717, 1.165) is 29.3 Å². The van der Waals surface area contributed by atoms with Gasteiger partial charge in [0.05, 0.1) is 17.7 Å². The molecule has 0 aliphatic carbocycles. The second-order valence-electron chi connectivity index (χ2n) is 12.6. The van der Waals surface area contributed by atoms with Crippen molar-refractivity contribution in [2.24, 2.45) is 0 Å². The maximum absolute atomic E-state index is 12.8. The molecule has 1 saturated heterocycles. The molecule has 44 heavy (non-hydrogen) atoms. The van der Waals surface area contributed by atoms with E-state index in [9.17, 15) is 4.79 Å². The van der Waals surface area contributed by atoms with Crippen LogP contribution in [0.1, 0.15) is 117 Å². The van der Waals surface area contributed by atoms with Crippen molar-refractivity contribution in [1.29, 1.82) is 0 Å². The summed E-state index contributed by atoms with van der Waals surface area (Å²) in [5.74, 6) is 0. The van der Waals surface area contributed by atoms with Crippen molar-refractivity contribution in [3.8, 4) is 0 Å². The molecule has 2 N–H and O–H groups in total. The van der Waals surface area contributed by atoms with Gasteiger partial charge in [-0.25, -0.2) is 4.79 Å². The van der Waals surface area contributed by atoms with Crippen LogP contribution >= 0.6 is 0 Å². The van der Waals surface area contributed by atoms with Gasteiger partial charge in [-0.15, -0.1) is 0 Å². The molecule has 1 aliphatic rings. The molecule has 1 unspecified atom stereocenters. The Kier molecular flexibility index (Phi) is 16.4. The largest absolute Gasteiger partial charge is 0.440 e. The molecule has 0 spiro atoms. The van der Waals surface area contributed by atoms with E-state index in [0.29, 0.717) is 26.1 Å². The second kappa shape index (κ2) is 20.0. The molecule has 0 bridgehead atoms. The molecule has 2 aromatic rings. The lowest BCUT2D eigenvalue weighted by Crippen LogP contribution is -2.59. The zero-order valence-electron chi connectivity index (χ0n) is 28.1. The van der Waals surface area contributed by atoms with Crippen LogP contribution in [0, 0.1) is 0 Å². The normalized spacial score (nSPS) is 22.6. The van der Waals surface area contributed by atoms with E-state index >= 15 is 0 Å². The van der Waals surface area contributed by atoms with Gasteiger partial charge in [-0.05, 0) is 44.4 Å². The summed E-state index contributed by atoms with van der Waals surface area (Å²) in [6.45, 7) is 10.1. The van der Waals surface area contributed by atoms with Crippen molar-refractivity contribution in [3.63, 3.8) is 0 Å². The van der Waals surface area contributed by atoms with Crippen molar-refractivity contribution < 1.29 is 23.7 Å². The van der Waals surface area contributed by atoms with E-state index in [1.54, 1.807) is 7.11 Å². The molecule has 0 saturated carbocycles. The average Bonchev–Trinajstić information content (AvgIpc) is 3.02. The number of amides is 1. The van der Waals surface area contributed by atoms with Crippen LogP contribution in [0.15, 0.2) is 36.5 Å². The van der Waals surface area contributed by atoms with Gasteiger partial charge in [0.15, 0.2) is 12.4 Å². The van der Waals surface area contributed by atoms with Crippen molar-refractivity contribution >= 4 is 17.0 Å². The molecule has 1 amide bonds. The van der Waals surface area contributed by atoms with Gasteiger partial charge >= 0.3 is 6.09 Å². The molecule has 1 aromatic heterocycles. The van der Waals surface area contributed by atoms with Crippen molar-refractivity contribution in [2.45, 2.75) is 148 Å². The van der Waals surface area contributed by atoms with Gasteiger partial charge in [-0.3, -0.25) is 4.98 Å². The molecule has 1 fully saturated rings. The number of carbonyl (C=O) groups excluding carboxylic acids is 1. The molecule has 2 heterocycles. The minimum absolute atomic E-state index is 0.175. The Labute approximate surface area is 266 Å². The number of fused-ring (bicyclic) bond motifs is 1. The summed E-state index contributed by atoms with van der Waals surface area (Å²) < 4.78 is 24.7. The highest BCUT2D eigenvalue weighted by Crippen LogP contribution is 2.35. The maximum Gasteiger partial charge on any atom is 0.407 e. The fourth-order valence-corrected chi connectivity index (χ4v) is 6.10. The number of nitrogens with one attached hydrogen (secondary N) is 2. The minimum atomic E-state index is -0.714. The van der Waals surface area contributed by atoms with Crippen molar-refractivity contribution in [1.82, 2.24) is 15.6 Å². The summed E-state index contributed by atoms with van der Waals surface area (Å²) in [5, 5.41) is 7.34. The number of nitrogens with zero attached hydrogens (tertiary/aromatic N) is 1. The van der Waals surface area contributed by atoms with Crippen LogP contribution in [-0.4, -0.2) is 61.5 Å². The van der Waals surface area contributed by atoms with Crippen LogP contribution in [0.3, 0.4) is 0 Å². The zero-order valence-corrected chi connectivity index (χ0v) is 28.1. The van der Waals surface area contributed by atoms with Crippen LogP contribution in [0.25, 0.3) is 10.9 Å². The molecule has 1 aromatic carbocycles. The van der Waals surface area contributed by atoms with E-state index in [-0.39, 0.29) is 18.5 Å². The third-order valence-corrected chi connectivity index (χ3v) is 8.82. The number of rotatable bonds is 21. The fraction of sp³-hybridized carbons (Fsp3) is 0.722. The lowest BCUT2D eigenvalue weighted by Gasteiger charge is -2.46. The molecule has 8 nitrogen and oxygen atoms in total. The topological polar surface area (TPSA) is 90.9 Å². The summed E-state index contributed by atoms with van der Waals surface area (Å²) in [5.41, 5.74) is 1.37. The summed E-state index contributed by atoms with van der Waals surface area (Å²) in [6.07, 6.45) is 15.5. The first-order chi connectivity index (χ1) is 21.4. The molecule has 3 rings (SSSR count). The Hall–Kier alpha value is -2.26. The highest BCUT2D eigenvalue weighted by atomic mass is 16.7. The highest BCUT2D eigenvalue weighted by Gasteiger charge is 2.49. The number of hydrogen-bond acceptors (Lipinski definition) is 7. The fourth-order valence-electron chi connectivity index (χ4n) is 6.10.